The number of esters is 1. The van der Waals surface area contributed by atoms with Crippen LogP contribution in [0.3, 0.4) is 0 Å². The second-order valence-electron chi connectivity index (χ2n) is 7.34. The molecule has 1 saturated heterocycles. The van der Waals surface area contributed by atoms with Crippen molar-refractivity contribution in [1.82, 2.24) is 25.1 Å². The molecule has 3 aromatic rings. The molecule has 2 N–H and O–H groups in total. The predicted octanol–water partition coefficient (Wildman–Crippen LogP) is 4.24. The number of hydrogen-bond acceptors (Lipinski definition) is 7. The number of alkyl halides is 3. The summed E-state index contributed by atoms with van der Waals surface area (Å²) in [5, 5.41) is 10.6. The number of ether oxygens (including phenoxy) is 1. The van der Waals surface area contributed by atoms with Gasteiger partial charge in [0, 0.05) is 18.0 Å². The molecule has 1 aromatic carbocycles. The van der Waals surface area contributed by atoms with Gasteiger partial charge in [-0.1, -0.05) is 12.1 Å². The molecule has 4 rings (SSSR count). The number of nitrogens with zero attached hydrogens (tertiary/aromatic N) is 4. The van der Waals surface area contributed by atoms with Crippen LogP contribution in [0.25, 0.3) is 11.3 Å². The monoisotopic (exact) mass is 482 g/mol. The van der Waals surface area contributed by atoms with Crippen molar-refractivity contribution in [1.29, 1.82) is 0 Å². The van der Waals surface area contributed by atoms with E-state index in [1.807, 2.05) is 4.68 Å². The van der Waals surface area contributed by atoms with Gasteiger partial charge in [-0.15, -0.1) is 12.4 Å². The van der Waals surface area contributed by atoms with Crippen LogP contribution in [0.2, 0.25) is 0 Å². The lowest BCUT2D eigenvalue weighted by Crippen LogP contribution is -2.29. The van der Waals surface area contributed by atoms with E-state index in [-0.39, 0.29) is 41.2 Å². The Bertz CT molecular complexity index is 1120. The van der Waals surface area contributed by atoms with Crippen LogP contribution in [-0.2, 0) is 10.9 Å². The van der Waals surface area contributed by atoms with E-state index >= 15 is 0 Å². The number of carbonyl (C=O) groups is 1. The summed E-state index contributed by atoms with van der Waals surface area (Å²) in [7, 11) is 1.20. The number of carbonyl (C=O) groups excluding carboxylic acids is 1. The molecular weight excluding hydrogens is 461 g/mol. The van der Waals surface area contributed by atoms with Crippen molar-refractivity contribution in [2.24, 2.45) is 0 Å². The topological polar surface area (TPSA) is 94.0 Å². The van der Waals surface area contributed by atoms with E-state index in [9.17, 15) is 18.0 Å². The van der Waals surface area contributed by atoms with E-state index in [1.54, 1.807) is 12.4 Å². The van der Waals surface area contributed by atoms with Gasteiger partial charge in [-0.3, -0.25) is 4.68 Å². The summed E-state index contributed by atoms with van der Waals surface area (Å²) in [5.41, 5.74) is -0.537. The highest BCUT2D eigenvalue weighted by Crippen LogP contribution is 2.36. The van der Waals surface area contributed by atoms with Gasteiger partial charge in [0.15, 0.2) is 0 Å². The molecule has 0 atom stereocenters. The van der Waals surface area contributed by atoms with Gasteiger partial charge in [0.25, 0.3) is 0 Å². The van der Waals surface area contributed by atoms with Crippen molar-refractivity contribution in [2.45, 2.75) is 25.1 Å². The van der Waals surface area contributed by atoms with Gasteiger partial charge >= 0.3 is 12.1 Å². The molecule has 1 fully saturated rings. The third kappa shape index (κ3) is 5.60. The molecule has 3 heterocycles. The Morgan fingerprint density at radius 3 is 2.70 bits per heavy atom. The van der Waals surface area contributed by atoms with Gasteiger partial charge in [-0.25, -0.2) is 14.8 Å². The van der Waals surface area contributed by atoms with E-state index in [2.05, 4.69) is 30.4 Å². The van der Waals surface area contributed by atoms with Crippen LogP contribution in [0.1, 0.15) is 34.8 Å². The third-order valence-corrected chi connectivity index (χ3v) is 5.19. The summed E-state index contributed by atoms with van der Waals surface area (Å²) >= 11 is 0. The largest absolute Gasteiger partial charge is 0.465 e. The highest BCUT2D eigenvalue weighted by molar-refractivity contribution is 5.91. The van der Waals surface area contributed by atoms with Gasteiger partial charge in [0.1, 0.15) is 5.56 Å². The Morgan fingerprint density at radius 2 is 2.00 bits per heavy atom. The quantitative estimate of drug-likeness (QED) is 0.525. The second kappa shape index (κ2) is 10.2. The molecule has 33 heavy (non-hydrogen) atoms. The highest BCUT2D eigenvalue weighted by Gasteiger charge is 2.35. The minimum absolute atomic E-state index is 0. The van der Waals surface area contributed by atoms with E-state index in [1.165, 1.54) is 31.4 Å². The Hall–Kier alpha value is -3.18. The van der Waals surface area contributed by atoms with Crippen LogP contribution in [0.4, 0.5) is 24.8 Å². The summed E-state index contributed by atoms with van der Waals surface area (Å²) in [4.78, 5) is 19.8. The number of rotatable bonds is 5. The number of nitrogens with one attached hydrogen (secondary N) is 2. The summed E-state index contributed by atoms with van der Waals surface area (Å²) < 4.78 is 47.4. The van der Waals surface area contributed by atoms with E-state index in [0.717, 1.165) is 32.1 Å². The van der Waals surface area contributed by atoms with Gasteiger partial charge in [-0.05, 0) is 38.1 Å². The summed E-state index contributed by atoms with van der Waals surface area (Å²) in [6, 6.07) is 5.94. The van der Waals surface area contributed by atoms with Crippen molar-refractivity contribution in [3.63, 3.8) is 0 Å². The number of hydrogen-bond donors (Lipinski definition) is 2. The number of methoxy groups -OCH3 is 1. The van der Waals surface area contributed by atoms with Crippen molar-refractivity contribution >= 4 is 30.0 Å². The first-order valence-corrected chi connectivity index (χ1v) is 10.00. The number of aromatic nitrogens is 4. The summed E-state index contributed by atoms with van der Waals surface area (Å²) in [5.74, 6) is -0.667. The zero-order chi connectivity index (χ0) is 22.7. The lowest BCUT2D eigenvalue weighted by Gasteiger charge is -2.22. The predicted molar refractivity (Wildman–Crippen MR) is 118 cm³/mol. The first kappa shape index (κ1) is 24.5. The smallest absolute Gasteiger partial charge is 0.419 e. The number of benzene rings is 1. The summed E-state index contributed by atoms with van der Waals surface area (Å²) in [6.07, 6.45) is 1.31. The van der Waals surface area contributed by atoms with E-state index < -0.39 is 17.7 Å². The van der Waals surface area contributed by atoms with E-state index in [4.69, 9.17) is 0 Å². The van der Waals surface area contributed by atoms with Crippen LogP contribution in [-0.4, -0.2) is 45.9 Å². The van der Waals surface area contributed by atoms with Crippen molar-refractivity contribution in [2.75, 3.05) is 25.5 Å². The Morgan fingerprint density at radius 1 is 1.24 bits per heavy atom. The molecule has 0 amide bonds. The van der Waals surface area contributed by atoms with Crippen LogP contribution >= 0.6 is 12.4 Å². The lowest BCUT2D eigenvalue weighted by molar-refractivity contribution is -0.137. The maximum absolute atomic E-state index is 13.6. The summed E-state index contributed by atoms with van der Waals surface area (Å²) in [6.45, 7) is 1.81. The molecule has 0 aliphatic carbocycles. The zero-order valence-corrected chi connectivity index (χ0v) is 18.4. The van der Waals surface area contributed by atoms with Gasteiger partial charge in [-0.2, -0.15) is 18.3 Å². The van der Waals surface area contributed by atoms with Crippen molar-refractivity contribution < 1.29 is 22.7 Å². The molecule has 1 aliphatic heterocycles. The SMILES string of the molecule is COC(=O)c1cccc(-c2nc(Nc3cnn(C4CCNCC4)c3)ncc2C(F)(F)F)c1.Cl. The fourth-order valence-electron chi connectivity index (χ4n) is 3.58. The first-order chi connectivity index (χ1) is 15.3. The minimum atomic E-state index is -4.67. The molecule has 0 radical (unpaired) electrons. The van der Waals surface area contributed by atoms with Crippen LogP contribution in [0.15, 0.2) is 42.9 Å². The zero-order valence-electron chi connectivity index (χ0n) is 17.6. The maximum atomic E-state index is 13.6. The van der Waals surface area contributed by atoms with Crippen molar-refractivity contribution in [3.8, 4) is 11.3 Å². The molecule has 12 heteroatoms. The Balaban J connectivity index is 0.00000306. The number of anilines is 2. The second-order valence-corrected chi connectivity index (χ2v) is 7.34. The van der Waals surface area contributed by atoms with Crippen molar-refractivity contribution in [3.05, 3.63) is 54.0 Å². The minimum Gasteiger partial charge on any atom is -0.465 e. The molecule has 8 nitrogen and oxygen atoms in total. The molecule has 176 valence electrons. The maximum Gasteiger partial charge on any atom is 0.419 e. The lowest BCUT2D eigenvalue weighted by atomic mass is 10.0. The van der Waals surface area contributed by atoms with Gasteiger partial charge < -0.3 is 15.4 Å². The molecule has 2 aromatic heterocycles. The fourth-order valence-corrected chi connectivity index (χ4v) is 3.58. The number of halogens is 4. The first-order valence-electron chi connectivity index (χ1n) is 10.00. The highest BCUT2D eigenvalue weighted by atomic mass is 35.5. The van der Waals surface area contributed by atoms with Gasteiger partial charge in [0.05, 0.1) is 36.3 Å². The molecule has 0 unspecified atom stereocenters. The van der Waals surface area contributed by atoms with Crippen LogP contribution in [0.5, 0.6) is 0 Å². The standard InChI is InChI=1S/C21H21F3N6O2.ClH/c1-32-19(31)14-4-2-3-13(9-14)18-17(21(22,23)24)11-26-20(29-18)28-15-10-27-30(12-15)16-5-7-25-8-6-16;/h2-4,9-12,16,25H,5-8H2,1H3,(H,26,28,29);1H. The molecule has 1 aliphatic rings. The Labute approximate surface area is 194 Å². The molecule has 0 spiro atoms. The average molecular weight is 483 g/mol. The third-order valence-electron chi connectivity index (χ3n) is 5.19. The number of piperidine rings is 1. The Kier molecular flexibility index (Phi) is 7.54. The van der Waals surface area contributed by atoms with E-state index in [0.29, 0.717) is 5.69 Å². The van der Waals surface area contributed by atoms with Crippen LogP contribution in [0, 0.1) is 0 Å². The molecule has 0 saturated carbocycles. The average Bonchev–Trinajstić information content (AvgIpc) is 3.27. The normalized spacial score (nSPS) is 14.4. The molecule has 0 bridgehead atoms. The molecular formula is C21H22ClF3N6O2. The fraction of sp³-hybridized carbons (Fsp3) is 0.333. The van der Waals surface area contributed by atoms with Gasteiger partial charge in [0.2, 0.25) is 5.95 Å². The van der Waals surface area contributed by atoms with Crippen LogP contribution < -0.4 is 10.6 Å².